The lowest BCUT2D eigenvalue weighted by Crippen LogP contribution is -2.39. The van der Waals surface area contributed by atoms with Gasteiger partial charge in [-0.1, -0.05) is 12.1 Å². The van der Waals surface area contributed by atoms with E-state index in [1.165, 1.54) is 16.7 Å². The maximum Gasteiger partial charge on any atom is 0.316 e. The van der Waals surface area contributed by atoms with Gasteiger partial charge in [-0.15, -0.1) is 0 Å². The summed E-state index contributed by atoms with van der Waals surface area (Å²) in [5.74, 6) is 0.581. The second-order valence-corrected chi connectivity index (χ2v) is 7.50. The van der Waals surface area contributed by atoms with Gasteiger partial charge in [-0.2, -0.15) is 0 Å². The molecule has 2 N–H and O–H groups in total. The van der Waals surface area contributed by atoms with Crippen molar-refractivity contribution >= 4 is 21.1 Å². The van der Waals surface area contributed by atoms with Crippen LogP contribution in [0.1, 0.15) is 6.92 Å². The first kappa shape index (κ1) is 18.9. The number of para-hydroxylation sites is 2. The van der Waals surface area contributed by atoms with Crippen molar-refractivity contribution in [1.82, 2.24) is 14.3 Å². The molecule has 0 aliphatic rings. The maximum atomic E-state index is 12.4. The number of nitrogens with one attached hydrogen (secondary N) is 2. The van der Waals surface area contributed by atoms with Crippen molar-refractivity contribution in [3.63, 3.8) is 0 Å². The van der Waals surface area contributed by atoms with Crippen molar-refractivity contribution in [1.29, 1.82) is 0 Å². The molecular weight excluding hydrogens is 370 g/mol. The van der Waals surface area contributed by atoms with Crippen LogP contribution in [0.5, 0.6) is 5.75 Å². The summed E-state index contributed by atoms with van der Waals surface area (Å²) in [5, 5.41) is 0. The van der Waals surface area contributed by atoms with Gasteiger partial charge in [0.25, 0.3) is 0 Å². The molecule has 0 radical (unpaired) electrons. The van der Waals surface area contributed by atoms with Gasteiger partial charge in [-0.3, -0.25) is 9.59 Å². The van der Waals surface area contributed by atoms with Crippen LogP contribution in [0.4, 0.5) is 0 Å². The Labute approximate surface area is 155 Å². The van der Waals surface area contributed by atoms with Crippen molar-refractivity contribution in [2.45, 2.75) is 18.4 Å². The normalized spacial score (nSPS) is 11.6. The Balaban J connectivity index is 1.78. The predicted molar refractivity (Wildman–Crippen MR) is 102 cm³/mol. The van der Waals surface area contributed by atoms with E-state index in [0.717, 1.165) is 0 Å². The summed E-state index contributed by atoms with van der Waals surface area (Å²) in [5.41, 5.74) is -0.434. The Hall–Kier alpha value is -2.91. The van der Waals surface area contributed by atoms with Gasteiger partial charge in [0.05, 0.1) is 22.5 Å². The summed E-state index contributed by atoms with van der Waals surface area (Å²) in [6.07, 6.45) is 0. The quantitative estimate of drug-likeness (QED) is 0.587. The molecule has 1 heterocycles. The highest BCUT2D eigenvalue weighted by molar-refractivity contribution is 7.89. The second kappa shape index (κ2) is 7.77. The summed E-state index contributed by atoms with van der Waals surface area (Å²) in [6, 6.07) is 12.9. The van der Waals surface area contributed by atoms with Crippen LogP contribution in [0.15, 0.2) is 63.0 Å². The third-order valence-electron chi connectivity index (χ3n) is 3.95. The van der Waals surface area contributed by atoms with Crippen molar-refractivity contribution in [3.8, 4) is 5.75 Å². The highest BCUT2D eigenvalue weighted by atomic mass is 32.2. The van der Waals surface area contributed by atoms with Crippen LogP contribution in [0.2, 0.25) is 0 Å². The molecule has 0 amide bonds. The molecule has 0 aliphatic heterocycles. The van der Waals surface area contributed by atoms with Crippen LogP contribution in [0.25, 0.3) is 11.0 Å². The maximum absolute atomic E-state index is 12.4. The topological polar surface area (TPSA) is 110 Å². The molecule has 0 aliphatic carbocycles. The third-order valence-corrected chi connectivity index (χ3v) is 5.43. The number of hydrogen-bond donors (Lipinski definition) is 2. The SMILES string of the molecule is CCOc1ccc(S(=O)(=O)NCCn2c(=O)c(=O)[nH]c3ccccc32)cc1. The molecule has 0 spiro atoms. The van der Waals surface area contributed by atoms with E-state index in [0.29, 0.717) is 23.4 Å². The number of aromatic amines is 1. The molecule has 0 saturated carbocycles. The van der Waals surface area contributed by atoms with Gasteiger partial charge in [0, 0.05) is 13.1 Å². The predicted octanol–water partition coefficient (Wildman–Crippen LogP) is 1.07. The highest BCUT2D eigenvalue weighted by Gasteiger charge is 2.14. The van der Waals surface area contributed by atoms with Crippen molar-refractivity contribution < 1.29 is 13.2 Å². The van der Waals surface area contributed by atoms with Crippen molar-refractivity contribution in [2.75, 3.05) is 13.2 Å². The Morgan fingerprint density at radius 3 is 2.48 bits per heavy atom. The molecule has 0 bridgehead atoms. The first-order chi connectivity index (χ1) is 12.9. The van der Waals surface area contributed by atoms with E-state index in [2.05, 4.69) is 9.71 Å². The van der Waals surface area contributed by atoms with Gasteiger partial charge in [0.1, 0.15) is 5.75 Å². The molecule has 3 aromatic rings. The molecule has 3 rings (SSSR count). The van der Waals surface area contributed by atoms with Gasteiger partial charge in [-0.25, -0.2) is 13.1 Å². The van der Waals surface area contributed by atoms with Crippen molar-refractivity contribution in [2.24, 2.45) is 0 Å². The summed E-state index contributed by atoms with van der Waals surface area (Å²) >= 11 is 0. The van der Waals surface area contributed by atoms with E-state index in [-0.39, 0.29) is 18.0 Å². The standard InChI is InChI=1S/C18H19N3O5S/c1-2-26-13-7-9-14(10-8-13)27(24,25)19-11-12-21-16-6-4-3-5-15(16)20-17(22)18(21)23/h3-10,19H,2,11-12H2,1H3,(H,20,22). The highest BCUT2D eigenvalue weighted by Crippen LogP contribution is 2.15. The number of rotatable bonds is 7. The first-order valence-corrected chi connectivity index (χ1v) is 9.85. The number of hydrogen-bond acceptors (Lipinski definition) is 5. The molecule has 9 heteroatoms. The molecule has 1 aromatic heterocycles. The van der Waals surface area contributed by atoms with Gasteiger partial charge >= 0.3 is 11.1 Å². The van der Waals surface area contributed by atoms with Crippen LogP contribution in [-0.2, 0) is 16.6 Å². The van der Waals surface area contributed by atoms with Gasteiger partial charge in [-0.05, 0) is 43.3 Å². The van der Waals surface area contributed by atoms with Crippen LogP contribution < -0.4 is 20.6 Å². The number of ether oxygens (including phenoxy) is 1. The fourth-order valence-corrected chi connectivity index (χ4v) is 3.72. The van der Waals surface area contributed by atoms with Crippen LogP contribution in [0.3, 0.4) is 0 Å². The minimum absolute atomic E-state index is 0.0273. The Morgan fingerprint density at radius 1 is 1.07 bits per heavy atom. The Morgan fingerprint density at radius 2 is 1.78 bits per heavy atom. The fourth-order valence-electron chi connectivity index (χ4n) is 2.70. The molecule has 8 nitrogen and oxygen atoms in total. The minimum atomic E-state index is -3.75. The van der Waals surface area contributed by atoms with Crippen LogP contribution in [0, 0.1) is 0 Å². The second-order valence-electron chi connectivity index (χ2n) is 5.73. The van der Waals surface area contributed by atoms with E-state index < -0.39 is 21.1 Å². The van der Waals surface area contributed by atoms with E-state index >= 15 is 0 Å². The number of sulfonamides is 1. The van der Waals surface area contributed by atoms with Crippen LogP contribution in [-0.4, -0.2) is 31.1 Å². The largest absolute Gasteiger partial charge is 0.494 e. The average Bonchev–Trinajstić information content (AvgIpc) is 2.65. The number of benzene rings is 2. The summed E-state index contributed by atoms with van der Waals surface area (Å²) in [6.45, 7) is 2.32. The molecule has 2 aromatic carbocycles. The Kier molecular flexibility index (Phi) is 5.43. The van der Waals surface area contributed by atoms with Gasteiger partial charge < -0.3 is 14.3 Å². The van der Waals surface area contributed by atoms with E-state index in [4.69, 9.17) is 4.74 Å². The monoisotopic (exact) mass is 389 g/mol. The number of nitrogens with zero attached hydrogens (tertiary/aromatic N) is 1. The van der Waals surface area contributed by atoms with Gasteiger partial charge in [0.2, 0.25) is 10.0 Å². The summed E-state index contributed by atoms with van der Waals surface area (Å²) in [7, 11) is -3.75. The molecule has 0 atom stereocenters. The third kappa shape index (κ3) is 4.09. The fraction of sp³-hybridized carbons (Fsp3) is 0.222. The molecular formula is C18H19N3O5S. The molecule has 0 unspecified atom stereocenters. The molecule has 27 heavy (non-hydrogen) atoms. The van der Waals surface area contributed by atoms with Gasteiger partial charge in [0.15, 0.2) is 0 Å². The zero-order chi connectivity index (χ0) is 19.4. The lowest BCUT2D eigenvalue weighted by atomic mass is 10.3. The van der Waals surface area contributed by atoms with E-state index in [1.807, 2.05) is 6.92 Å². The van der Waals surface area contributed by atoms with E-state index in [1.54, 1.807) is 36.4 Å². The van der Waals surface area contributed by atoms with Crippen LogP contribution >= 0.6 is 0 Å². The smallest absolute Gasteiger partial charge is 0.316 e. The number of fused-ring (bicyclic) bond motifs is 1. The lowest BCUT2D eigenvalue weighted by Gasteiger charge is -2.11. The number of aromatic nitrogens is 2. The summed E-state index contributed by atoms with van der Waals surface area (Å²) in [4.78, 5) is 26.5. The lowest BCUT2D eigenvalue weighted by molar-refractivity contribution is 0.340. The average molecular weight is 389 g/mol. The molecule has 0 fully saturated rings. The number of H-pyrrole nitrogens is 1. The molecule has 0 saturated heterocycles. The molecule has 142 valence electrons. The minimum Gasteiger partial charge on any atom is -0.494 e. The Bertz CT molecular complexity index is 1160. The zero-order valence-electron chi connectivity index (χ0n) is 14.6. The first-order valence-electron chi connectivity index (χ1n) is 8.37. The summed E-state index contributed by atoms with van der Waals surface area (Å²) < 4.78 is 33.8. The zero-order valence-corrected chi connectivity index (χ0v) is 15.5. The van der Waals surface area contributed by atoms with Crippen molar-refractivity contribution in [3.05, 3.63) is 69.2 Å². The van der Waals surface area contributed by atoms with E-state index in [9.17, 15) is 18.0 Å².